The smallest absolute Gasteiger partial charge is 0.410 e. The summed E-state index contributed by atoms with van der Waals surface area (Å²) in [7, 11) is 0. The number of carbonyl (C=O) groups is 1. The van der Waals surface area contributed by atoms with Crippen molar-refractivity contribution in [2.45, 2.75) is 64.5 Å². The minimum absolute atomic E-state index is 0.175. The van der Waals surface area contributed by atoms with Crippen LogP contribution in [0.5, 0.6) is 0 Å². The van der Waals surface area contributed by atoms with Crippen molar-refractivity contribution in [2.75, 3.05) is 26.2 Å². The third kappa shape index (κ3) is 6.57. The number of hydrogen-bond donors (Lipinski definition) is 2. The zero-order valence-electron chi connectivity index (χ0n) is 13.3. The van der Waals surface area contributed by atoms with Crippen LogP contribution < -0.4 is 11.1 Å². The third-order valence-electron chi connectivity index (χ3n) is 3.44. The third-order valence-corrected chi connectivity index (χ3v) is 3.44. The minimum atomic E-state index is -0.423. The van der Waals surface area contributed by atoms with E-state index in [-0.39, 0.29) is 12.1 Å². The quantitative estimate of drug-likeness (QED) is 0.733. The fourth-order valence-electron chi connectivity index (χ4n) is 2.44. The van der Waals surface area contributed by atoms with Crippen LogP contribution in [-0.2, 0) is 4.74 Å². The van der Waals surface area contributed by atoms with E-state index < -0.39 is 5.60 Å². The lowest BCUT2D eigenvalue weighted by molar-refractivity contribution is 0.00998. The van der Waals surface area contributed by atoms with Crippen molar-refractivity contribution in [3.8, 4) is 0 Å². The van der Waals surface area contributed by atoms with Gasteiger partial charge in [-0.15, -0.1) is 0 Å². The van der Waals surface area contributed by atoms with Gasteiger partial charge >= 0.3 is 6.09 Å². The Hall–Kier alpha value is -0.810. The SMILES string of the molecule is CC(C)(C)OC(=O)N1CCCCC1CNCCCCN. The Morgan fingerprint density at radius 3 is 2.75 bits per heavy atom. The molecule has 0 bridgehead atoms. The molecule has 1 aliphatic heterocycles. The van der Waals surface area contributed by atoms with Gasteiger partial charge in [-0.1, -0.05) is 0 Å². The molecule has 1 heterocycles. The summed E-state index contributed by atoms with van der Waals surface area (Å²) in [6.45, 7) is 9.11. The molecule has 1 aliphatic rings. The number of nitrogens with zero attached hydrogens (tertiary/aromatic N) is 1. The topological polar surface area (TPSA) is 67.6 Å². The molecule has 5 nitrogen and oxygen atoms in total. The predicted molar refractivity (Wildman–Crippen MR) is 81.7 cm³/mol. The summed E-state index contributed by atoms with van der Waals surface area (Å²) in [4.78, 5) is 14.1. The van der Waals surface area contributed by atoms with Gasteiger partial charge in [-0.3, -0.25) is 0 Å². The fourth-order valence-corrected chi connectivity index (χ4v) is 2.44. The van der Waals surface area contributed by atoms with Crippen LogP contribution in [0.4, 0.5) is 4.79 Å². The summed E-state index contributed by atoms with van der Waals surface area (Å²) in [5.41, 5.74) is 5.05. The molecule has 1 saturated heterocycles. The molecule has 0 aromatic carbocycles. The van der Waals surface area contributed by atoms with Crippen molar-refractivity contribution in [3.63, 3.8) is 0 Å². The van der Waals surface area contributed by atoms with Crippen LogP contribution in [0.2, 0.25) is 0 Å². The first-order valence-electron chi connectivity index (χ1n) is 7.84. The second kappa shape index (κ2) is 8.47. The lowest BCUT2D eigenvalue weighted by atomic mass is 10.0. The van der Waals surface area contributed by atoms with Gasteiger partial charge in [0.2, 0.25) is 0 Å². The molecule has 0 aromatic rings. The van der Waals surface area contributed by atoms with Gasteiger partial charge in [0.25, 0.3) is 0 Å². The lowest BCUT2D eigenvalue weighted by Crippen LogP contribution is -2.50. The second-order valence-electron chi connectivity index (χ2n) is 6.52. The van der Waals surface area contributed by atoms with Gasteiger partial charge in [-0.2, -0.15) is 0 Å². The summed E-state index contributed by atoms with van der Waals surface area (Å²) in [5, 5.41) is 3.43. The Bertz CT molecular complexity index is 289. The lowest BCUT2D eigenvalue weighted by Gasteiger charge is -2.37. The van der Waals surface area contributed by atoms with Gasteiger partial charge < -0.3 is 20.7 Å². The normalized spacial score (nSPS) is 20.0. The Balaban J connectivity index is 2.39. The average Bonchev–Trinajstić information content (AvgIpc) is 2.37. The van der Waals surface area contributed by atoms with Gasteiger partial charge in [-0.05, 0) is 66.0 Å². The van der Waals surface area contributed by atoms with Crippen molar-refractivity contribution in [1.29, 1.82) is 0 Å². The van der Waals surface area contributed by atoms with Gasteiger partial charge in [0, 0.05) is 19.1 Å². The zero-order valence-corrected chi connectivity index (χ0v) is 13.3. The van der Waals surface area contributed by atoms with Crippen LogP contribution in [0.15, 0.2) is 0 Å². The molecule has 5 heteroatoms. The summed E-state index contributed by atoms with van der Waals surface area (Å²) >= 11 is 0. The highest BCUT2D eigenvalue weighted by Gasteiger charge is 2.29. The maximum absolute atomic E-state index is 12.2. The first kappa shape index (κ1) is 17.2. The van der Waals surface area contributed by atoms with Crippen LogP contribution >= 0.6 is 0 Å². The molecule has 1 rings (SSSR count). The summed E-state index contributed by atoms with van der Waals surface area (Å²) in [6, 6.07) is 0.261. The number of amides is 1. The van der Waals surface area contributed by atoms with E-state index in [2.05, 4.69) is 5.32 Å². The van der Waals surface area contributed by atoms with Crippen molar-refractivity contribution in [3.05, 3.63) is 0 Å². The van der Waals surface area contributed by atoms with E-state index in [1.165, 1.54) is 6.42 Å². The van der Waals surface area contributed by atoms with Crippen LogP contribution in [-0.4, -0.2) is 48.8 Å². The minimum Gasteiger partial charge on any atom is -0.444 e. The number of carbonyl (C=O) groups excluding carboxylic acids is 1. The fraction of sp³-hybridized carbons (Fsp3) is 0.933. The molecule has 1 unspecified atom stereocenters. The van der Waals surface area contributed by atoms with Crippen LogP contribution in [0, 0.1) is 0 Å². The summed E-state index contributed by atoms with van der Waals surface area (Å²) in [5.74, 6) is 0. The Labute approximate surface area is 123 Å². The van der Waals surface area contributed by atoms with Crippen molar-refractivity contribution in [1.82, 2.24) is 10.2 Å². The van der Waals surface area contributed by atoms with Crippen molar-refractivity contribution in [2.24, 2.45) is 5.73 Å². The van der Waals surface area contributed by atoms with Gasteiger partial charge in [0.1, 0.15) is 5.60 Å². The number of likely N-dealkylation sites (tertiary alicyclic amines) is 1. The van der Waals surface area contributed by atoms with E-state index >= 15 is 0 Å². The van der Waals surface area contributed by atoms with E-state index in [0.29, 0.717) is 0 Å². The molecule has 20 heavy (non-hydrogen) atoms. The average molecular weight is 285 g/mol. The summed E-state index contributed by atoms with van der Waals surface area (Å²) < 4.78 is 5.49. The van der Waals surface area contributed by atoms with Gasteiger partial charge in [0.05, 0.1) is 0 Å². The van der Waals surface area contributed by atoms with E-state index in [4.69, 9.17) is 10.5 Å². The first-order valence-corrected chi connectivity index (χ1v) is 7.84. The number of ether oxygens (including phenoxy) is 1. The van der Waals surface area contributed by atoms with Crippen LogP contribution in [0.25, 0.3) is 0 Å². The number of piperidine rings is 1. The van der Waals surface area contributed by atoms with E-state index in [1.54, 1.807) is 0 Å². The standard InChI is InChI=1S/C15H31N3O2/c1-15(2,3)20-14(19)18-11-7-4-8-13(18)12-17-10-6-5-9-16/h13,17H,4-12,16H2,1-3H3. The highest BCUT2D eigenvalue weighted by molar-refractivity contribution is 5.68. The molecule has 0 spiro atoms. The molecule has 1 amide bonds. The molecular weight excluding hydrogens is 254 g/mol. The number of unbranched alkanes of at least 4 members (excludes halogenated alkanes) is 1. The molecule has 0 aliphatic carbocycles. The van der Waals surface area contributed by atoms with Crippen molar-refractivity contribution >= 4 is 6.09 Å². The van der Waals surface area contributed by atoms with Gasteiger partial charge in [-0.25, -0.2) is 4.79 Å². The molecule has 0 saturated carbocycles. The largest absolute Gasteiger partial charge is 0.444 e. The predicted octanol–water partition coefficient (Wildman–Crippen LogP) is 2.10. The second-order valence-corrected chi connectivity index (χ2v) is 6.52. The molecule has 1 fully saturated rings. The van der Waals surface area contributed by atoms with Gasteiger partial charge in [0.15, 0.2) is 0 Å². The molecular formula is C15H31N3O2. The molecule has 1 atom stereocenters. The van der Waals surface area contributed by atoms with E-state index in [1.807, 2.05) is 25.7 Å². The molecule has 118 valence electrons. The Kier molecular flexibility index (Phi) is 7.30. The monoisotopic (exact) mass is 285 g/mol. The molecule has 0 radical (unpaired) electrons. The Morgan fingerprint density at radius 1 is 1.35 bits per heavy atom. The van der Waals surface area contributed by atoms with Crippen LogP contribution in [0.3, 0.4) is 0 Å². The number of hydrogen-bond acceptors (Lipinski definition) is 4. The highest BCUT2D eigenvalue weighted by Crippen LogP contribution is 2.20. The highest BCUT2D eigenvalue weighted by atomic mass is 16.6. The number of nitrogens with two attached hydrogens (primary N) is 1. The van der Waals surface area contributed by atoms with Crippen molar-refractivity contribution < 1.29 is 9.53 Å². The maximum Gasteiger partial charge on any atom is 0.410 e. The molecule has 0 aromatic heterocycles. The number of nitrogens with one attached hydrogen (secondary N) is 1. The number of rotatable bonds is 6. The zero-order chi connectivity index (χ0) is 15.0. The van der Waals surface area contributed by atoms with E-state index in [9.17, 15) is 4.79 Å². The van der Waals surface area contributed by atoms with Crippen LogP contribution in [0.1, 0.15) is 52.9 Å². The first-order chi connectivity index (χ1) is 9.44. The Morgan fingerprint density at radius 2 is 2.10 bits per heavy atom. The molecule has 3 N–H and O–H groups in total. The maximum atomic E-state index is 12.2. The van der Waals surface area contributed by atoms with E-state index in [0.717, 1.165) is 51.9 Å². The summed E-state index contributed by atoms with van der Waals surface area (Å²) in [6.07, 6.45) is 5.29.